The fraction of sp³-hybridized carbons (Fsp3) is 0.0213. The van der Waals surface area contributed by atoms with E-state index in [1.165, 1.54) is 43.8 Å². The summed E-state index contributed by atoms with van der Waals surface area (Å²) in [4.78, 5) is 0. The lowest BCUT2D eigenvalue weighted by molar-refractivity contribution is -0.137. The minimum atomic E-state index is -4.39. The van der Waals surface area contributed by atoms with Crippen molar-refractivity contribution in [1.82, 2.24) is 9.13 Å². The zero-order valence-electron chi connectivity index (χ0n) is 27.6. The summed E-state index contributed by atoms with van der Waals surface area (Å²) in [7, 11) is 0. The first-order valence-electron chi connectivity index (χ1n) is 17.3. The predicted molar refractivity (Wildman–Crippen MR) is 207 cm³/mol. The molecule has 52 heavy (non-hydrogen) atoms. The summed E-state index contributed by atoms with van der Waals surface area (Å²) in [5.41, 5.74) is 12.7. The van der Waals surface area contributed by atoms with Gasteiger partial charge in [-0.25, -0.2) is 0 Å². The van der Waals surface area contributed by atoms with Crippen molar-refractivity contribution in [1.29, 1.82) is 0 Å². The molecule has 2 heterocycles. The molecule has 5 heteroatoms. The molecule has 246 valence electrons. The number of fused-ring (bicyclic) bond motifs is 9. The molecule has 0 aliphatic heterocycles. The Morgan fingerprint density at radius 1 is 0.365 bits per heavy atom. The van der Waals surface area contributed by atoms with Crippen molar-refractivity contribution in [3.8, 4) is 44.8 Å². The van der Waals surface area contributed by atoms with Gasteiger partial charge in [0.05, 0.1) is 33.3 Å². The van der Waals surface area contributed by atoms with Gasteiger partial charge in [0.1, 0.15) is 0 Å². The van der Waals surface area contributed by atoms with Crippen molar-refractivity contribution in [2.75, 3.05) is 0 Å². The molecule has 0 spiro atoms. The zero-order valence-corrected chi connectivity index (χ0v) is 27.6. The summed E-state index contributed by atoms with van der Waals surface area (Å²) in [6.07, 6.45) is -4.39. The maximum atomic E-state index is 13.4. The van der Waals surface area contributed by atoms with Crippen LogP contribution in [0.25, 0.3) is 99.1 Å². The lowest BCUT2D eigenvalue weighted by Gasteiger charge is -2.13. The van der Waals surface area contributed by atoms with Gasteiger partial charge in [-0.3, -0.25) is 0 Å². The third-order valence-corrected chi connectivity index (χ3v) is 10.9. The second-order valence-electron chi connectivity index (χ2n) is 13.6. The number of halogens is 3. The van der Waals surface area contributed by atoms with Crippen LogP contribution in [0.4, 0.5) is 13.2 Å². The van der Waals surface area contributed by atoms with Gasteiger partial charge >= 0.3 is 6.18 Å². The molecule has 0 atom stereocenters. The van der Waals surface area contributed by atoms with Gasteiger partial charge in [0.15, 0.2) is 0 Å². The Labute approximate surface area is 296 Å². The van der Waals surface area contributed by atoms with Crippen molar-refractivity contribution in [3.63, 3.8) is 0 Å². The van der Waals surface area contributed by atoms with E-state index < -0.39 is 11.7 Å². The maximum Gasteiger partial charge on any atom is 0.416 e. The van der Waals surface area contributed by atoms with E-state index in [-0.39, 0.29) is 0 Å². The third-order valence-electron chi connectivity index (χ3n) is 10.9. The minimum absolute atomic E-state index is 0.657. The topological polar surface area (TPSA) is 9.86 Å². The van der Waals surface area contributed by atoms with Crippen molar-refractivity contribution >= 4 is 54.4 Å². The van der Waals surface area contributed by atoms with E-state index in [2.05, 4.69) is 126 Å². The number of benzene rings is 8. The Balaban J connectivity index is 1.09. The van der Waals surface area contributed by atoms with Crippen LogP contribution in [0.2, 0.25) is 0 Å². The van der Waals surface area contributed by atoms with Crippen LogP contribution in [0.1, 0.15) is 5.56 Å². The van der Waals surface area contributed by atoms with Gasteiger partial charge < -0.3 is 9.13 Å². The van der Waals surface area contributed by atoms with Crippen LogP contribution in [0.15, 0.2) is 164 Å². The van der Waals surface area contributed by atoms with E-state index >= 15 is 0 Å². The summed E-state index contributed by atoms with van der Waals surface area (Å²) >= 11 is 0. The molecule has 0 saturated heterocycles. The third kappa shape index (κ3) is 4.02. The summed E-state index contributed by atoms with van der Waals surface area (Å²) in [6.45, 7) is 0. The van der Waals surface area contributed by atoms with E-state index in [1.807, 2.05) is 22.8 Å². The standard InChI is InChI=1S/C47H27F3N2/c48-47(49,50)30-18-20-31(21-19-30)51-41-14-5-3-10-34(41)39-26-28(16-23-44(39)51)29-17-24-45-40(27-29)35-11-4-6-15-42(35)52(45)43-25-22-37-33-9-2-1-8-32(33)36-12-7-13-38(43)46(36)37/h1-27H. The Hall–Kier alpha value is -6.59. The van der Waals surface area contributed by atoms with Crippen LogP contribution in [-0.2, 0) is 6.18 Å². The lowest BCUT2D eigenvalue weighted by Crippen LogP contribution is -2.05. The first-order chi connectivity index (χ1) is 25.4. The van der Waals surface area contributed by atoms with Crippen LogP contribution >= 0.6 is 0 Å². The van der Waals surface area contributed by atoms with Gasteiger partial charge in [-0.2, -0.15) is 13.2 Å². The van der Waals surface area contributed by atoms with Gasteiger partial charge in [-0.15, -0.1) is 0 Å². The molecule has 0 fully saturated rings. The quantitative estimate of drug-likeness (QED) is 0.176. The first kappa shape index (κ1) is 29.2. The molecule has 2 nitrogen and oxygen atoms in total. The van der Waals surface area contributed by atoms with E-state index in [4.69, 9.17) is 0 Å². The van der Waals surface area contributed by atoms with Crippen molar-refractivity contribution in [2.45, 2.75) is 6.18 Å². The number of rotatable bonds is 3. The molecular weight excluding hydrogens is 650 g/mol. The largest absolute Gasteiger partial charge is 0.416 e. The summed E-state index contributed by atoms with van der Waals surface area (Å²) in [6, 6.07) is 55.1. The van der Waals surface area contributed by atoms with Crippen molar-refractivity contribution in [2.24, 2.45) is 0 Å². The second kappa shape index (κ2) is 10.5. The number of para-hydroxylation sites is 2. The fourth-order valence-corrected chi connectivity index (χ4v) is 8.63. The van der Waals surface area contributed by atoms with Crippen molar-refractivity contribution in [3.05, 3.63) is 169 Å². The molecule has 11 rings (SSSR count). The molecule has 0 radical (unpaired) electrons. The monoisotopic (exact) mass is 676 g/mol. The Kier molecular flexibility index (Phi) is 5.87. The van der Waals surface area contributed by atoms with Gasteiger partial charge in [-0.05, 0) is 105 Å². The summed E-state index contributed by atoms with van der Waals surface area (Å²) < 4.78 is 44.6. The maximum absolute atomic E-state index is 13.4. The molecule has 1 aliphatic carbocycles. The SMILES string of the molecule is FC(F)(F)c1ccc(-n2c3ccccc3c3cc(-c4ccc5c(c4)c4ccccc4n5-c4ccc5c6c(cccc46)-c4ccccc4-5)ccc32)cc1. The van der Waals surface area contributed by atoms with Gasteiger partial charge in [0, 0.05) is 32.6 Å². The highest BCUT2D eigenvalue weighted by molar-refractivity contribution is 6.19. The molecule has 0 saturated carbocycles. The molecule has 0 amide bonds. The van der Waals surface area contributed by atoms with Crippen LogP contribution in [-0.4, -0.2) is 9.13 Å². The molecule has 1 aliphatic rings. The van der Waals surface area contributed by atoms with Crippen LogP contribution < -0.4 is 0 Å². The van der Waals surface area contributed by atoms with E-state index in [0.29, 0.717) is 5.69 Å². The van der Waals surface area contributed by atoms with Crippen LogP contribution in [0.5, 0.6) is 0 Å². The normalized spacial score (nSPS) is 12.5. The molecule has 0 bridgehead atoms. The van der Waals surface area contributed by atoms with Gasteiger partial charge in [0.25, 0.3) is 0 Å². The van der Waals surface area contributed by atoms with E-state index in [9.17, 15) is 13.2 Å². The summed E-state index contributed by atoms with van der Waals surface area (Å²) in [5, 5.41) is 6.98. The molecule has 0 unspecified atom stereocenters. The smallest absolute Gasteiger partial charge is 0.309 e. The average molecular weight is 677 g/mol. The van der Waals surface area contributed by atoms with Crippen LogP contribution in [0.3, 0.4) is 0 Å². The number of hydrogen-bond acceptors (Lipinski definition) is 0. The van der Waals surface area contributed by atoms with Crippen molar-refractivity contribution < 1.29 is 13.2 Å². The minimum Gasteiger partial charge on any atom is -0.309 e. The number of alkyl halides is 3. The van der Waals surface area contributed by atoms with Crippen LogP contribution in [0, 0.1) is 0 Å². The summed E-state index contributed by atoms with van der Waals surface area (Å²) in [5.74, 6) is 0. The number of nitrogens with zero attached hydrogens (tertiary/aromatic N) is 2. The fourth-order valence-electron chi connectivity index (χ4n) is 8.63. The first-order valence-corrected chi connectivity index (χ1v) is 17.3. The molecule has 10 aromatic rings. The second-order valence-corrected chi connectivity index (χ2v) is 13.6. The highest BCUT2D eigenvalue weighted by atomic mass is 19.4. The molecule has 0 N–H and O–H groups in total. The Morgan fingerprint density at radius 3 is 1.50 bits per heavy atom. The average Bonchev–Trinajstić information content (AvgIpc) is 3.81. The molecular formula is C47H27F3N2. The highest BCUT2D eigenvalue weighted by Crippen LogP contribution is 2.49. The number of hydrogen-bond donors (Lipinski definition) is 0. The zero-order chi connectivity index (χ0) is 34.7. The predicted octanol–water partition coefficient (Wildman–Crippen LogP) is 13.4. The highest BCUT2D eigenvalue weighted by Gasteiger charge is 2.30. The number of aromatic nitrogens is 2. The van der Waals surface area contributed by atoms with E-state index in [0.717, 1.165) is 61.8 Å². The molecule has 2 aromatic heterocycles. The Morgan fingerprint density at radius 2 is 0.865 bits per heavy atom. The van der Waals surface area contributed by atoms with Gasteiger partial charge in [-0.1, -0.05) is 97.1 Å². The lowest BCUT2D eigenvalue weighted by atomic mass is 10.0. The Bertz CT molecular complexity index is 3080. The molecule has 8 aromatic carbocycles. The van der Waals surface area contributed by atoms with E-state index in [1.54, 1.807) is 12.1 Å². The van der Waals surface area contributed by atoms with Gasteiger partial charge in [0.2, 0.25) is 0 Å².